The SMILES string of the molecule is CCN(CC(=O)c1ccccc1)C(=O)C(=O)O. The van der Waals surface area contributed by atoms with Gasteiger partial charge in [-0.1, -0.05) is 30.3 Å². The molecule has 0 aliphatic rings. The number of Topliss-reactive ketones (excluding diaryl/α,β-unsaturated/α-hetero) is 1. The van der Waals surface area contributed by atoms with Crippen molar-refractivity contribution in [2.75, 3.05) is 13.1 Å². The highest BCUT2D eigenvalue weighted by atomic mass is 16.4. The molecule has 0 aliphatic carbocycles. The molecule has 1 N–H and O–H groups in total. The van der Waals surface area contributed by atoms with Crippen molar-refractivity contribution in [3.63, 3.8) is 0 Å². The number of ketones is 1. The number of carboxylic acids is 1. The van der Waals surface area contributed by atoms with Gasteiger partial charge >= 0.3 is 11.9 Å². The van der Waals surface area contributed by atoms with Gasteiger partial charge in [0.05, 0.1) is 6.54 Å². The molecular formula is C12H13NO4. The summed E-state index contributed by atoms with van der Waals surface area (Å²) in [5.74, 6) is -2.88. The molecule has 0 aliphatic heterocycles. The maximum Gasteiger partial charge on any atom is 0.394 e. The number of likely N-dealkylation sites (N-methyl/N-ethyl adjacent to an activating group) is 1. The molecule has 0 spiro atoms. The predicted octanol–water partition coefficient (Wildman–Crippen LogP) is 0.802. The quantitative estimate of drug-likeness (QED) is 0.618. The van der Waals surface area contributed by atoms with E-state index in [0.29, 0.717) is 5.56 Å². The van der Waals surface area contributed by atoms with Gasteiger partial charge in [0.1, 0.15) is 0 Å². The smallest absolute Gasteiger partial charge is 0.394 e. The second kappa shape index (κ2) is 5.79. The highest BCUT2D eigenvalue weighted by Crippen LogP contribution is 2.02. The number of carbonyl (C=O) groups excluding carboxylic acids is 2. The summed E-state index contributed by atoms with van der Waals surface area (Å²) in [7, 11) is 0. The third-order valence-corrected chi connectivity index (χ3v) is 2.28. The Bertz CT molecular complexity index is 427. The summed E-state index contributed by atoms with van der Waals surface area (Å²) in [6.07, 6.45) is 0. The Morgan fingerprint density at radius 1 is 1.18 bits per heavy atom. The average molecular weight is 235 g/mol. The van der Waals surface area contributed by atoms with Gasteiger partial charge in [0.25, 0.3) is 0 Å². The number of hydrogen-bond acceptors (Lipinski definition) is 3. The van der Waals surface area contributed by atoms with Crippen molar-refractivity contribution in [2.24, 2.45) is 0 Å². The Morgan fingerprint density at radius 2 is 1.76 bits per heavy atom. The number of hydrogen-bond donors (Lipinski definition) is 1. The number of carboxylic acid groups (broad SMARTS) is 1. The predicted molar refractivity (Wildman–Crippen MR) is 60.7 cm³/mol. The third kappa shape index (κ3) is 3.41. The summed E-state index contributed by atoms with van der Waals surface area (Å²) in [4.78, 5) is 34.5. The Labute approximate surface area is 98.7 Å². The molecular weight excluding hydrogens is 222 g/mol. The molecule has 1 rings (SSSR count). The average Bonchev–Trinajstić information content (AvgIpc) is 2.35. The largest absolute Gasteiger partial charge is 0.474 e. The third-order valence-electron chi connectivity index (χ3n) is 2.28. The second-order valence-electron chi connectivity index (χ2n) is 3.41. The van der Waals surface area contributed by atoms with Crippen molar-refractivity contribution < 1.29 is 19.5 Å². The first-order valence-corrected chi connectivity index (χ1v) is 5.16. The number of nitrogens with zero attached hydrogens (tertiary/aromatic N) is 1. The van der Waals surface area contributed by atoms with Gasteiger partial charge < -0.3 is 10.0 Å². The van der Waals surface area contributed by atoms with E-state index < -0.39 is 11.9 Å². The topological polar surface area (TPSA) is 74.7 Å². The van der Waals surface area contributed by atoms with Gasteiger partial charge in [-0.15, -0.1) is 0 Å². The Morgan fingerprint density at radius 3 is 2.24 bits per heavy atom. The van der Waals surface area contributed by atoms with Crippen molar-refractivity contribution in [1.29, 1.82) is 0 Å². The van der Waals surface area contributed by atoms with E-state index in [1.165, 1.54) is 0 Å². The normalized spacial score (nSPS) is 9.71. The molecule has 0 heterocycles. The first kappa shape index (κ1) is 12.9. The summed E-state index contributed by atoms with van der Waals surface area (Å²) >= 11 is 0. The lowest BCUT2D eigenvalue weighted by molar-refractivity contribution is -0.155. The second-order valence-corrected chi connectivity index (χ2v) is 3.41. The van der Waals surface area contributed by atoms with Crippen molar-refractivity contribution in [3.8, 4) is 0 Å². The Balaban J connectivity index is 2.73. The Kier molecular flexibility index (Phi) is 4.39. The lowest BCUT2D eigenvalue weighted by Gasteiger charge is -2.17. The van der Waals surface area contributed by atoms with Crippen LogP contribution in [0.1, 0.15) is 17.3 Å². The van der Waals surface area contributed by atoms with Crippen LogP contribution in [0.5, 0.6) is 0 Å². The van der Waals surface area contributed by atoms with Crippen LogP contribution in [-0.2, 0) is 9.59 Å². The summed E-state index contributed by atoms with van der Waals surface area (Å²) in [6.45, 7) is 1.59. The van der Waals surface area contributed by atoms with Gasteiger partial charge in [-0.05, 0) is 6.92 Å². The van der Waals surface area contributed by atoms with Crippen LogP contribution < -0.4 is 0 Å². The molecule has 0 saturated carbocycles. The first-order chi connectivity index (χ1) is 8.06. The fourth-order valence-electron chi connectivity index (χ4n) is 1.35. The van der Waals surface area contributed by atoms with E-state index >= 15 is 0 Å². The van der Waals surface area contributed by atoms with Gasteiger partial charge in [0.15, 0.2) is 5.78 Å². The van der Waals surface area contributed by atoms with Gasteiger partial charge in [0, 0.05) is 12.1 Å². The molecule has 0 aromatic heterocycles. The van der Waals surface area contributed by atoms with E-state index in [4.69, 9.17) is 5.11 Å². The van der Waals surface area contributed by atoms with Gasteiger partial charge in [-0.3, -0.25) is 9.59 Å². The summed E-state index contributed by atoms with van der Waals surface area (Å²) in [5.41, 5.74) is 0.462. The lowest BCUT2D eigenvalue weighted by Crippen LogP contribution is -2.39. The fourth-order valence-corrected chi connectivity index (χ4v) is 1.35. The highest BCUT2D eigenvalue weighted by molar-refractivity contribution is 6.31. The van der Waals surface area contributed by atoms with E-state index in [2.05, 4.69) is 0 Å². The molecule has 0 atom stereocenters. The molecule has 0 unspecified atom stereocenters. The molecule has 0 fully saturated rings. The molecule has 17 heavy (non-hydrogen) atoms. The summed E-state index contributed by atoms with van der Waals surface area (Å²) in [6, 6.07) is 8.45. The van der Waals surface area contributed by atoms with Gasteiger partial charge in [0.2, 0.25) is 0 Å². The summed E-state index contributed by atoms with van der Waals surface area (Å²) < 4.78 is 0. The number of amides is 1. The zero-order valence-corrected chi connectivity index (χ0v) is 9.42. The fraction of sp³-hybridized carbons (Fsp3) is 0.250. The molecule has 5 nitrogen and oxygen atoms in total. The highest BCUT2D eigenvalue weighted by Gasteiger charge is 2.21. The van der Waals surface area contributed by atoms with Crippen molar-refractivity contribution in [1.82, 2.24) is 4.90 Å². The van der Waals surface area contributed by atoms with Crippen molar-refractivity contribution >= 4 is 17.7 Å². The molecule has 0 radical (unpaired) electrons. The molecule has 1 aromatic carbocycles. The molecule has 0 bridgehead atoms. The van der Waals surface area contributed by atoms with E-state index in [-0.39, 0.29) is 18.9 Å². The van der Waals surface area contributed by atoms with E-state index in [1.54, 1.807) is 37.3 Å². The zero-order chi connectivity index (χ0) is 12.8. The van der Waals surface area contributed by atoms with Crippen LogP contribution in [0.25, 0.3) is 0 Å². The lowest BCUT2D eigenvalue weighted by atomic mass is 10.1. The Hall–Kier alpha value is -2.17. The number of aliphatic carboxylic acids is 1. The van der Waals surface area contributed by atoms with Crippen LogP contribution >= 0.6 is 0 Å². The summed E-state index contributed by atoms with van der Waals surface area (Å²) in [5, 5.41) is 8.56. The molecule has 1 amide bonds. The van der Waals surface area contributed by atoms with Crippen molar-refractivity contribution in [2.45, 2.75) is 6.92 Å². The molecule has 90 valence electrons. The van der Waals surface area contributed by atoms with E-state index in [0.717, 1.165) is 4.90 Å². The molecule has 0 saturated heterocycles. The maximum absolute atomic E-state index is 11.8. The molecule has 5 heteroatoms. The van der Waals surface area contributed by atoms with Crippen LogP contribution in [0.2, 0.25) is 0 Å². The number of benzene rings is 1. The van der Waals surface area contributed by atoms with Crippen LogP contribution in [-0.4, -0.2) is 40.8 Å². The van der Waals surface area contributed by atoms with Gasteiger partial charge in [-0.25, -0.2) is 4.79 Å². The maximum atomic E-state index is 11.8. The van der Waals surface area contributed by atoms with Crippen molar-refractivity contribution in [3.05, 3.63) is 35.9 Å². The van der Waals surface area contributed by atoms with E-state index in [1.807, 2.05) is 0 Å². The monoisotopic (exact) mass is 235 g/mol. The standard InChI is InChI=1S/C12H13NO4/c1-2-13(11(15)12(16)17)8-10(14)9-6-4-3-5-7-9/h3-7H,2,8H2,1H3,(H,16,17). The number of rotatable bonds is 4. The van der Waals surface area contributed by atoms with Crippen LogP contribution in [0.15, 0.2) is 30.3 Å². The van der Waals surface area contributed by atoms with Crippen LogP contribution in [0, 0.1) is 0 Å². The van der Waals surface area contributed by atoms with Crippen LogP contribution in [0.3, 0.4) is 0 Å². The minimum absolute atomic E-state index is 0.184. The minimum atomic E-state index is -1.55. The molecule has 1 aromatic rings. The minimum Gasteiger partial charge on any atom is -0.474 e. The van der Waals surface area contributed by atoms with E-state index in [9.17, 15) is 14.4 Å². The van der Waals surface area contributed by atoms with Gasteiger partial charge in [-0.2, -0.15) is 0 Å². The first-order valence-electron chi connectivity index (χ1n) is 5.16. The zero-order valence-electron chi connectivity index (χ0n) is 9.42. The van der Waals surface area contributed by atoms with Crippen LogP contribution in [0.4, 0.5) is 0 Å². The number of carbonyl (C=O) groups is 3.